The highest BCUT2D eigenvalue weighted by Gasteiger charge is 2.26. The van der Waals surface area contributed by atoms with Crippen molar-refractivity contribution in [2.45, 2.75) is 13.8 Å². The van der Waals surface area contributed by atoms with Crippen LogP contribution in [0.5, 0.6) is 5.75 Å². The summed E-state index contributed by atoms with van der Waals surface area (Å²) in [6.07, 6.45) is 1.69. The number of carbonyl (C=O) groups is 1. The van der Waals surface area contributed by atoms with E-state index in [4.69, 9.17) is 25.9 Å². The molecule has 0 unspecified atom stereocenters. The van der Waals surface area contributed by atoms with Crippen molar-refractivity contribution in [1.29, 1.82) is 0 Å². The van der Waals surface area contributed by atoms with Gasteiger partial charge in [0.25, 0.3) is 5.91 Å². The molecule has 1 amide bonds. The van der Waals surface area contributed by atoms with Crippen LogP contribution < -0.4 is 21.1 Å². The third kappa shape index (κ3) is 3.03. The van der Waals surface area contributed by atoms with Crippen LogP contribution in [0.15, 0.2) is 18.3 Å². The number of rotatable bonds is 4. The topological polar surface area (TPSA) is 122 Å². The van der Waals surface area contributed by atoms with E-state index in [1.807, 2.05) is 26.0 Å². The van der Waals surface area contributed by atoms with E-state index in [9.17, 15) is 4.79 Å². The van der Waals surface area contributed by atoms with Crippen molar-refractivity contribution < 1.29 is 14.3 Å². The van der Waals surface area contributed by atoms with Crippen LogP contribution >= 0.6 is 0 Å². The van der Waals surface area contributed by atoms with Crippen molar-refractivity contribution in [1.82, 2.24) is 14.5 Å². The minimum Gasteiger partial charge on any atom is -0.496 e. The Kier molecular flexibility index (Phi) is 4.75. The first kappa shape index (κ1) is 19.0. The number of nitrogens with zero attached hydrogens (tertiary/aromatic N) is 4. The van der Waals surface area contributed by atoms with Gasteiger partial charge in [0.1, 0.15) is 28.5 Å². The molecule has 4 rings (SSSR count). The first-order chi connectivity index (χ1) is 13.9. The molecule has 4 N–H and O–H groups in total. The third-order valence-corrected chi connectivity index (χ3v) is 5.29. The summed E-state index contributed by atoms with van der Waals surface area (Å²) in [7, 11) is 1.61. The highest BCUT2D eigenvalue weighted by molar-refractivity contribution is 6.09. The van der Waals surface area contributed by atoms with Gasteiger partial charge < -0.3 is 25.8 Å². The quantitative estimate of drug-likeness (QED) is 0.686. The molecule has 2 aromatic heterocycles. The molecule has 29 heavy (non-hydrogen) atoms. The fraction of sp³-hybridized carbons (Fsp3) is 0.350. The molecule has 0 saturated carbocycles. The number of primary amides is 1. The molecule has 1 aliphatic rings. The Morgan fingerprint density at radius 2 is 1.97 bits per heavy atom. The van der Waals surface area contributed by atoms with Crippen LogP contribution in [0.25, 0.3) is 16.9 Å². The molecule has 0 bridgehead atoms. The van der Waals surface area contributed by atoms with Crippen LogP contribution in [-0.4, -0.2) is 53.9 Å². The summed E-state index contributed by atoms with van der Waals surface area (Å²) in [5.41, 5.74) is 15.8. The summed E-state index contributed by atoms with van der Waals surface area (Å²) in [4.78, 5) is 23.7. The van der Waals surface area contributed by atoms with Crippen molar-refractivity contribution in [2.75, 3.05) is 44.0 Å². The number of nitrogen functional groups attached to an aromatic ring is 1. The molecule has 3 heterocycles. The van der Waals surface area contributed by atoms with Crippen molar-refractivity contribution in [3.63, 3.8) is 0 Å². The number of amides is 1. The van der Waals surface area contributed by atoms with Gasteiger partial charge in [-0.1, -0.05) is 6.07 Å². The SMILES string of the molecule is COc1ccc(C)c(-n2c(N)c(C(N)=O)c3nc(N4CCOCC4)cnc32)c1C. The lowest BCUT2D eigenvalue weighted by Crippen LogP contribution is -2.36. The van der Waals surface area contributed by atoms with E-state index in [0.29, 0.717) is 49.0 Å². The lowest BCUT2D eigenvalue weighted by molar-refractivity contribution is 0.100. The first-order valence-electron chi connectivity index (χ1n) is 9.38. The Balaban J connectivity index is 1.99. The van der Waals surface area contributed by atoms with Crippen molar-refractivity contribution >= 4 is 28.7 Å². The summed E-state index contributed by atoms with van der Waals surface area (Å²) in [6.45, 7) is 6.55. The number of carbonyl (C=O) groups excluding carboxylic acids is 1. The van der Waals surface area contributed by atoms with Crippen LogP contribution in [0.4, 0.5) is 11.6 Å². The maximum absolute atomic E-state index is 12.3. The Morgan fingerprint density at radius 1 is 1.24 bits per heavy atom. The Morgan fingerprint density at radius 3 is 2.62 bits per heavy atom. The zero-order valence-corrected chi connectivity index (χ0v) is 16.7. The molecule has 0 atom stereocenters. The molecule has 0 radical (unpaired) electrons. The van der Waals surface area contributed by atoms with Crippen LogP contribution in [0.1, 0.15) is 21.5 Å². The Bertz CT molecular complexity index is 1100. The average Bonchev–Trinajstić information content (AvgIpc) is 3.00. The monoisotopic (exact) mass is 396 g/mol. The number of methoxy groups -OCH3 is 1. The highest BCUT2D eigenvalue weighted by Crippen LogP contribution is 2.35. The molecule has 152 valence electrons. The second kappa shape index (κ2) is 7.25. The average molecular weight is 396 g/mol. The van der Waals surface area contributed by atoms with E-state index < -0.39 is 5.91 Å². The fourth-order valence-electron chi connectivity index (χ4n) is 3.85. The van der Waals surface area contributed by atoms with Crippen molar-refractivity contribution in [2.24, 2.45) is 5.73 Å². The predicted octanol–water partition coefficient (Wildman–Crippen LogP) is 1.56. The van der Waals surface area contributed by atoms with Gasteiger partial charge in [0.05, 0.1) is 32.2 Å². The second-order valence-electron chi connectivity index (χ2n) is 7.02. The molecule has 1 aromatic carbocycles. The number of aromatic nitrogens is 3. The van der Waals surface area contributed by atoms with Gasteiger partial charge in [-0.3, -0.25) is 9.36 Å². The van der Waals surface area contributed by atoms with Gasteiger partial charge in [-0.05, 0) is 25.5 Å². The number of aryl methyl sites for hydroxylation is 1. The van der Waals surface area contributed by atoms with E-state index >= 15 is 0 Å². The minimum absolute atomic E-state index is 0.171. The van der Waals surface area contributed by atoms with Gasteiger partial charge in [0.2, 0.25) is 0 Å². The molecule has 0 spiro atoms. The number of benzene rings is 1. The summed E-state index contributed by atoms with van der Waals surface area (Å²) in [6, 6.07) is 3.83. The maximum Gasteiger partial charge on any atom is 0.254 e. The lowest BCUT2D eigenvalue weighted by Gasteiger charge is -2.27. The third-order valence-electron chi connectivity index (χ3n) is 5.29. The van der Waals surface area contributed by atoms with Gasteiger partial charge in [-0.25, -0.2) is 9.97 Å². The van der Waals surface area contributed by atoms with E-state index in [2.05, 4.69) is 9.88 Å². The normalized spacial score (nSPS) is 14.4. The van der Waals surface area contributed by atoms with Gasteiger partial charge in [0, 0.05) is 18.7 Å². The number of fused-ring (bicyclic) bond motifs is 1. The zero-order chi connectivity index (χ0) is 20.7. The Hall–Kier alpha value is -3.33. The summed E-state index contributed by atoms with van der Waals surface area (Å²) >= 11 is 0. The molecule has 9 heteroatoms. The molecule has 1 fully saturated rings. The Labute approximate surface area is 168 Å². The highest BCUT2D eigenvalue weighted by atomic mass is 16.5. The van der Waals surface area contributed by atoms with Crippen LogP contribution in [-0.2, 0) is 4.74 Å². The van der Waals surface area contributed by atoms with E-state index in [-0.39, 0.29) is 11.4 Å². The zero-order valence-electron chi connectivity index (χ0n) is 16.7. The van der Waals surface area contributed by atoms with Crippen LogP contribution in [0, 0.1) is 13.8 Å². The number of ether oxygens (including phenoxy) is 2. The summed E-state index contributed by atoms with van der Waals surface area (Å²) in [5.74, 6) is 0.953. The van der Waals surface area contributed by atoms with E-state index in [0.717, 1.165) is 16.8 Å². The number of anilines is 2. The molecule has 1 aliphatic heterocycles. The van der Waals surface area contributed by atoms with Gasteiger partial charge in [0.15, 0.2) is 5.65 Å². The molecule has 9 nitrogen and oxygen atoms in total. The van der Waals surface area contributed by atoms with Gasteiger partial charge >= 0.3 is 0 Å². The van der Waals surface area contributed by atoms with E-state index in [1.54, 1.807) is 17.9 Å². The van der Waals surface area contributed by atoms with Crippen molar-refractivity contribution in [3.05, 3.63) is 35.0 Å². The smallest absolute Gasteiger partial charge is 0.254 e. The standard InChI is InChI=1S/C20H24N6O3/c1-11-4-5-13(28-3)12(2)17(11)26-18(21)15(19(22)27)16-20(26)23-10-14(24-16)25-6-8-29-9-7-25/h4-5,10H,6-9,21H2,1-3H3,(H2,22,27). The number of hydrogen-bond acceptors (Lipinski definition) is 7. The largest absolute Gasteiger partial charge is 0.496 e. The first-order valence-corrected chi connectivity index (χ1v) is 9.38. The molecule has 0 aliphatic carbocycles. The minimum atomic E-state index is -0.641. The molecular weight excluding hydrogens is 372 g/mol. The van der Waals surface area contributed by atoms with Crippen LogP contribution in [0.3, 0.4) is 0 Å². The molecule has 3 aromatic rings. The number of morpholine rings is 1. The van der Waals surface area contributed by atoms with Crippen LogP contribution in [0.2, 0.25) is 0 Å². The second-order valence-corrected chi connectivity index (χ2v) is 7.02. The summed E-state index contributed by atoms with van der Waals surface area (Å²) in [5, 5.41) is 0. The number of hydrogen-bond donors (Lipinski definition) is 2. The maximum atomic E-state index is 12.3. The van der Waals surface area contributed by atoms with Gasteiger partial charge in [-0.2, -0.15) is 0 Å². The lowest BCUT2D eigenvalue weighted by atomic mass is 10.1. The fourth-order valence-corrected chi connectivity index (χ4v) is 3.85. The molecular formula is C20H24N6O3. The predicted molar refractivity (Wildman–Crippen MR) is 111 cm³/mol. The van der Waals surface area contributed by atoms with Gasteiger partial charge in [-0.15, -0.1) is 0 Å². The van der Waals surface area contributed by atoms with E-state index in [1.165, 1.54) is 0 Å². The molecule has 1 saturated heterocycles. The number of nitrogens with two attached hydrogens (primary N) is 2. The summed E-state index contributed by atoms with van der Waals surface area (Å²) < 4.78 is 12.6. The van der Waals surface area contributed by atoms with Crippen molar-refractivity contribution in [3.8, 4) is 11.4 Å².